The van der Waals surface area contributed by atoms with E-state index in [2.05, 4.69) is 5.32 Å². The van der Waals surface area contributed by atoms with E-state index in [0.29, 0.717) is 43.4 Å². The predicted octanol–water partition coefficient (Wildman–Crippen LogP) is 5.20. The van der Waals surface area contributed by atoms with Crippen molar-refractivity contribution in [2.24, 2.45) is 5.92 Å². The maximum absolute atomic E-state index is 13.5. The molecule has 2 N–H and O–H groups in total. The zero-order valence-electron chi connectivity index (χ0n) is 18.4. The predicted molar refractivity (Wildman–Crippen MR) is 122 cm³/mol. The summed E-state index contributed by atoms with van der Waals surface area (Å²) in [4.78, 5) is 35.7. The Morgan fingerprint density at radius 2 is 1.85 bits per heavy atom. The average Bonchev–Trinajstić information content (AvgIpc) is 2.78. The number of Topliss-reactive ketones (excluding diaryl/α,β-unsaturated/α-hetero) is 1. The SMILES string of the molecule is Cc1cc(OC2CCC(C(=O)O)CC2)ccc1C(=O)CCCNC(=O)c1ccc(Cl)c(F)c1. The molecule has 8 heteroatoms. The number of nitrogens with one attached hydrogen (secondary N) is 1. The van der Waals surface area contributed by atoms with Gasteiger partial charge in [0.25, 0.3) is 5.91 Å². The van der Waals surface area contributed by atoms with Crippen LogP contribution in [-0.4, -0.2) is 35.4 Å². The van der Waals surface area contributed by atoms with E-state index in [1.807, 2.05) is 13.0 Å². The first-order valence-corrected chi connectivity index (χ1v) is 11.4. The molecule has 1 amide bonds. The van der Waals surface area contributed by atoms with Crippen LogP contribution in [0.2, 0.25) is 5.02 Å². The molecule has 3 rings (SSSR count). The number of benzene rings is 2. The number of carboxylic acids is 1. The maximum Gasteiger partial charge on any atom is 0.306 e. The topological polar surface area (TPSA) is 92.7 Å². The van der Waals surface area contributed by atoms with Crippen LogP contribution in [0.1, 0.15) is 64.8 Å². The van der Waals surface area contributed by atoms with Crippen molar-refractivity contribution in [1.82, 2.24) is 5.32 Å². The van der Waals surface area contributed by atoms with Gasteiger partial charge in [0.2, 0.25) is 0 Å². The van der Waals surface area contributed by atoms with E-state index < -0.39 is 17.7 Å². The summed E-state index contributed by atoms with van der Waals surface area (Å²) in [7, 11) is 0. The number of ether oxygens (including phenoxy) is 1. The molecule has 1 saturated carbocycles. The van der Waals surface area contributed by atoms with Crippen LogP contribution in [0.25, 0.3) is 0 Å². The van der Waals surface area contributed by atoms with Crippen LogP contribution in [0.5, 0.6) is 5.75 Å². The number of hydrogen-bond donors (Lipinski definition) is 2. The lowest BCUT2D eigenvalue weighted by Gasteiger charge is -2.27. The Morgan fingerprint density at radius 3 is 2.48 bits per heavy atom. The normalized spacial score (nSPS) is 17.9. The Kier molecular flexibility index (Phi) is 8.44. The van der Waals surface area contributed by atoms with Crippen molar-refractivity contribution in [3.8, 4) is 5.75 Å². The third-order valence-corrected chi connectivity index (χ3v) is 6.18. The van der Waals surface area contributed by atoms with Crippen LogP contribution in [0.15, 0.2) is 36.4 Å². The van der Waals surface area contributed by atoms with Gasteiger partial charge in [-0.3, -0.25) is 14.4 Å². The van der Waals surface area contributed by atoms with Gasteiger partial charge in [0.15, 0.2) is 5.78 Å². The van der Waals surface area contributed by atoms with Gasteiger partial charge in [0, 0.05) is 24.1 Å². The van der Waals surface area contributed by atoms with E-state index >= 15 is 0 Å². The summed E-state index contributed by atoms with van der Waals surface area (Å²) in [6.07, 6.45) is 3.31. The molecule has 176 valence electrons. The Labute approximate surface area is 197 Å². The molecule has 2 aromatic rings. The number of hydrogen-bond acceptors (Lipinski definition) is 4. The number of aryl methyl sites for hydroxylation is 1. The molecule has 0 unspecified atom stereocenters. The second-order valence-electron chi connectivity index (χ2n) is 8.32. The maximum atomic E-state index is 13.5. The van der Waals surface area contributed by atoms with Crippen LogP contribution < -0.4 is 10.1 Å². The number of rotatable bonds is 9. The third kappa shape index (κ3) is 6.78. The first-order chi connectivity index (χ1) is 15.7. The number of amides is 1. The van der Waals surface area contributed by atoms with Gasteiger partial charge in [-0.15, -0.1) is 0 Å². The minimum atomic E-state index is -0.745. The summed E-state index contributed by atoms with van der Waals surface area (Å²) < 4.78 is 19.5. The number of carbonyl (C=O) groups is 3. The summed E-state index contributed by atoms with van der Waals surface area (Å²) in [5.41, 5.74) is 1.58. The lowest BCUT2D eigenvalue weighted by molar-refractivity contribution is -0.143. The van der Waals surface area contributed by atoms with Crippen LogP contribution in [-0.2, 0) is 4.79 Å². The molecule has 1 fully saturated rings. The van der Waals surface area contributed by atoms with E-state index in [1.165, 1.54) is 12.1 Å². The quantitative estimate of drug-likeness (QED) is 0.384. The van der Waals surface area contributed by atoms with Crippen molar-refractivity contribution in [1.29, 1.82) is 0 Å². The van der Waals surface area contributed by atoms with Crippen LogP contribution in [0, 0.1) is 18.7 Å². The number of aliphatic carboxylic acids is 1. The van der Waals surface area contributed by atoms with Crippen LogP contribution in [0.3, 0.4) is 0 Å². The number of halogens is 2. The van der Waals surface area contributed by atoms with Crippen LogP contribution in [0.4, 0.5) is 4.39 Å². The second-order valence-corrected chi connectivity index (χ2v) is 8.73. The second kappa shape index (κ2) is 11.3. The summed E-state index contributed by atoms with van der Waals surface area (Å²) >= 11 is 5.62. The lowest BCUT2D eigenvalue weighted by Crippen LogP contribution is -2.27. The summed E-state index contributed by atoms with van der Waals surface area (Å²) in [6.45, 7) is 2.13. The minimum absolute atomic E-state index is 0.0146. The molecule has 1 aliphatic carbocycles. The van der Waals surface area contributed by atoms with Gasteiger partial charge < -0.3 is 15.2 Å². The molecular weight excluding hydrogens is 449 g/mol. The molecular formula is C25H27ClFNO5. The van der Waals surface area contributed by atoms with E-state index in [1.54, 1.807) is 12.1 Å². The number of carbonyl (C=O) groups excluding carboxylic acids is 2. The van der Waals surface area contributed by atoms with E-state index in [9.17, 15) is 18.8 Å². The first-order valence-electron chi connectivity index (χ1n) is 11.0. The van der Waals surface area contributed by atoms with Gasteiger partial charge in [-0.25, -0.2) is 4.39 Å². The Bertz CT molecular complexity index is 1030. The Balaban J connectivity index is 1.45. The zero-order valence-corrected chi connectivity index (χ0v) is 19.2. The fourth-order valence-corrected chi connectivity index (χ4v) is 4.08. The molecule has 0 atom stereocenters. The van der Waals surface area contributed by atoms with Gasteiger partial charge in [-0.05, 0) is 81.0 Å². The number of carboxylic acid groups (broad SMARTS) is 1. The molecule has 33 heavy (non-hydrogen) atoms. The van der Waals surface area contributed by atoms with Crippen molar-refractivity contribution in [2.75, 3.05) is 6.54 Å². The summed E-state index contributed by atoms with van der Waals surface area (Å²) in [5, 5.41) is 11.7. The smallest absolute Gasteiger partial charge is 0.306 e. The van der Waals surface area contributed by atoms with Gasteiger partial charge in [0.1, 0.15) is 11.6 Å². The molecule has 0 spiro atoms. The summed E-state index contributed by atoms with van der Waals surface area (Å²) in [6, 6.07) is 9.18. The molecule has 2 aromatic carbocycles. The molecule has 0 aromatic heterocycles. The highest BCUT2D eigenvalue weighted by molar-refractivity contribution is 6.30. The van der Waals surface area contributed by atoms with Gasteiger partial charge >= 0.3 is 5.97 Å². The number of ketones is 1. The highest BCUT2D eigenvalue weighted by atomic mass is 35.5. The standard InChI is InChI=1S/C25H27ClFNO5/c1-15-13-19(33-18-7-4-16(5-8-18)25(31)32)9-10-20(15)23(29)3-2-12-28-24(30)17-6-11-21(26)22(27)14-17/h6,9-11,13-14,16,18H,2-5,7-8,12H2,1H3,(H,28,30)(H,31,32). The zero-order chi connectivity index (χ0) is 24.0. The third-order valence-electron chi connectivity index (χ3n) is 5.87. The Hall–Kier alpha value is -2.93. The van der Waals surface area contributed by atoms with Gasteiger partial charge in [0.05, 0.1) is 17.0 Å². The fraction of sp³-hybridized carbons (Fsp3) is 0.400. The summed E-state index contributed by atoms with van der Waals surface area (Å²) in [5.74, 6) is -1.48. The highest BCUT2D eigenvalue weighted by Gasteiger charge is 2.27. The van der Waals surface area contributed by atoms with Gasteiger partial charge in [-0.2, -0.15) is 0 Å². The largest absolute Gasteiger partial charge is 0.490 e. The molecule has 0 bridgehead atoms. The molecule has 6 nitrogen and oxygen atoms in total. The van der Waals surface area contributed by atoms with Crippen LogP contribution >= 0.6 is 11.6 Å². The van der Waals surface area contributed by atoms with Crippen molar-refractivity contribution < 1.29 is 28.6 Å². The molecule has 0 radical (unpaired) electrons. The van der Waals surface area contributed by atoms with Crippen molar-refractivity contribution >= 4 is 29.3 Å². The average molecular weight is 476 g/mol. The van der Waals surface area contributed by atoms with Crippen molar-refractivity contribution in [3.05, 3.63) is 63.9 Å². The van der Waals surface area contributed by atoms with Crippen molar-refractivity contribution in [3.63, 3.8) is 0 Å². The van der Waals surface area contributed by atoms with E-state index in [4.69, 9.17) is 21.4 Å². The molecule has 1 aliphatic rings. The molecule has 0 aliphatic heterocycles. The first kappa shape index (κ1) is 24.7. The Morgan fingerprint density at radius 1 is 1.12 bits per heavy atom. The van der Waals surface area contributed by atoms with E-state index in [0.717, 1.165) is 11.6 Å². The van der Waals surface area contributed by atoms with Gasteiger partial charge in [-0.1, -0.05) is 11.6 Å². The van der Waals surface area contributed by atoms with E-state index in [-0.39, 0.29) is 41.4 Å². The molecule has 0 saturated heterocycles. The molecule has 0 heterocycles. The van der Waals surface area contributed by atoms with Crippen molar-refractivity contribution in [2.45, 2.75) is 51.6 Å². The monoisotopic (exact) mass is 475 g/mol. The lowest BCUT2D eigenvalue weighted by atomic mass is 9.87. The fourth-order valence-electron chi connectivity index (χ4n) is 3.97. The highest BCUT2D eigenvalue weighted by Crippen LogP contribution is 2.29. The minimum Gasteiger partial charge on any atom is -0.490 e.